The van der Waals surface area contributed by atoms with Crippen molar-refractivity contribution in [3.8, 4) is 0 Å². The van der Waals surface area contributed by atoms with Crippen LogP contribution in [0, 0.1) is 6.92 Å². The smallest absolute Gasteiger partial charge is 0.106 e. The normalized spacial score (nSPS) is 11.2. The molecule has 3 nitrogen and oxygen atoms in total. The van der Waals surface area contributed by atoms with E-state index in [-0.39, 0.29) is 0 Å². The maximum Gasteiger partial charge on any atom is 0.106 e. The predicted octanol–water partition coefficient (Wildman–Crippen LogP) is 2.82. The lowest BCUT2D eigenvalue weighted by molar-refractivity contribution is 0.760. The van der Waals surface area contributed by atoms with Gasteiger partial charge in [0.2, 0.25) is 0 Å². The summed E-state index contributed by atoms with van der Waals surface area (Å²) in [5.74, 6) is 1.60. The molecule has 0 aliphatic heterocycles. The molecule has 1 heterocycles. The van der Waals surface area contributed by atoms with E-state index < -0.39 is 0 Å². The fourth-order valence-electron chi connectivity index (χ4n) is 2.04. The number of rotatable bonds is 4. The van der Waals surface area contributed by atoms with Crippen molar-refractivity contribution < 1.29 is 0 Å². The predicted molar refractivity (Wildman–Crippen MR) is 74.5 cm³/mol. The largest absolute Gasteiger partial charge is 0.330 e. The molecule has 18 heavy (non-hydrogen) atoms. The molecule has 0 unspecified atom stereocenters. The van der Waals surface area contributed by atoms with Gasteiger partial charge in [-0.2, -0.15) is 0 Å². The van der Waals surface area contributed by atoms with Crippen molar-refractivity contribution in [3.63, 3.8) is 0 Å². The van der Waals surface area contributed by atoms with Crippen molar-refractivity contribution in [2.45, 2.75) is 39.8 Å². The van der Waals surface area contributed by atoms with Crippen molar-refractivity contribution in [2.24, 2.45) is 5.73 Å². The Morgan fingerprint density at radius 2 is 1.89 bits per heavy atom. The molecule has 3 heteroatoms. The highest BCUT2D eigenvalue weighted by Gasteiger charge is 2.04. The molecular formula is C15H21N3. The number of hydrogen-bond acceptors (Lipinski definition) is 2. The minimum atomic E-state index is 0.500. The first-order chi connectivity index (χ1) is 8.60. The average Bonchev–Trinajstić information content (AvgIpc) is 2.71. The van der Waals surface area contributed by atoms with E-state index >= 15 is 0 Å². The Morgan fingerprint density at radius 3 is 2.39 bits per heavy atom. The Bertz CT molecular complexity index is 509. The zero-order chi connectivity index (χ0) is 13.1. The number of hydrogen-bond donors (Lipinski definition) is 1. The van der Waals surface area contributed by atoms with Gasteiger partial charge in [0, 0.05) is 19.3 Å². The number of imidazole rings is 1. The summed E-state index contributed by atoms with van der Waals surface area (Å²) in [4.78, 5) is 4.41. The molecule has 0 saturated carbocycles. The van der Waals surface area contributed by atoms with Gasteiger partial charge in [0.25, 0.3) is 0 Å². The zero-order valence-electron chi connectivity index (χ0n) is 11.4. The van der Waals surface area contributed by atoms with Gasteiger partial charge < -0.3 is 10.3 Å². The van der Waals surface area contributed by atoms with Crippen LogP contribution in [-0.2, 0) is 13.1 Å². The lowest BCUT2D eigenvalue weighted by Gasteiger charge is -2.08. The lowest BCUT2D eigenvalue weighted by Crippen LogP contribution is -2.01. The molecule has 0 bridgehead atoms. The van der Waals surface area contributed by atoms with E-state index in [1.165, 1.54) is 11.1 Å². The van der Waals surface area contributed by atoms with Gasteiger partial charge in [0.15, 0.2) is 0 Å². The monoisotopic (exact) mass is 243 g/mol. The van der Waals surface area contributed by atoms with Crippen molar-refractivity contribution in [1.82, 2.24) is 9.55 Å². The first-order valence-electron chi connectivity index (χ1n) is 6.41. The first kappa shape index (κ1) is 12.8. The van der Waals surface area contributed by atoms with Crippen LogP contribution >= 0.6 is 0 Å². The minimum absolute atomic E-state index is 0.500. The van der Waals surface area contributed by atoms with E-state index in [0.29, 0.717) is 12.5 Å². The van der Waals surface area contributed by atoms with Crippen molar-refractivity contribution in [2.75, 3.05) is 0 Å². The van der Waals surface area contributed by atoms with Crippen LogP contribution in [0.1, 0.15) is 42.4 Å². The van der Waals surface area contributed by atoms with Gasteiger partial charge in [-0.15, -0.1) is 0 Å². The number of aromatic nitrogens is 2. The summed E-state index contributed by atoms with van der Waals surface area (Å²) < 4.78 is 2.15. The van der Waals surface area contributed by atoms with Gasteiger partial charge in [-0.05, 0) is 24.0 Å². The molecular weight excluding hydrogens is 222 g/mol. The third-order valence-electron chi connectivity index (χ3n) is 3.23. The summed E-state index contributed by atoms with van der Waals surface area (Å²) in [6.07, 6.45) is 2.03. The highest BCUT2D eigenvalue weighted by molar-refractivity contribution is 5.25. The number of nitrogens with zero attached hydrogens (tertiary/aromatic N) is 2. The standard InChI is InChI=1S/C15H21N3/c1-11(2)14-6-4-13(5-7-14)9-18-10-15(8-16)17-12(18)3/h4-7,10-11H,8-9,16H2,1-3H3. The van der Waals surface area contributed by atoms with Crippen molar-refractivity contribution in [3.05, 3.63) is 53.1 Å². The Labute approximate surface area is 109 Å². The van der Waals surface area contributed by atoms with Crippen LogP contribution in [0.4, 0.5) is 0 Å². The molecule has 2 N–H and O–H groups in total. The summed E-state index contributed by atoms with van der Waals surface area (Å²) in [6.45, 7) is 7.80. The molecule has 0 fully saturated rings. The average molecular weight is 243 g/mol. The van der Waals surface area contributed by atoms with Crippen LogP contribution in [0.5, 0.6) is 0 Å². The third kappa shape index (κ3) is 2.79. The molecule has 2 aromatic rings. The van der Waals surface area contributed by atoms with Gasteiger partial charge in [0.1, 0.15) is 5.82 Å². The van der Waals surface area contributed by atoms with Crippen LogP contribution < -0.4 is 5.73 Å². The zero-order valence-corrected chi connectivity index (χ0v) is 11.4. The van der Waals surface area contributed by atoms with Gasteiger partial charge in [-0.25, -0.2) is 4.98 Å². The second-order valence-corrected chi connectivity index (χ2v) is 5.01. The van der Waals surface area contributed by atoms with E-state index in [1.54, 1.807) is 0 Å². The molecule has 0 atom stereocenters. The lowest BCUT2D eigenvalue weighted by atomic mass is 10.0. The second-order valence-electron chi connectivity index (χ2n) is 5.01. The molecule has 0 spiro atoms. The molecule has 2 rings (SSSR count). The van der Waals surface area contributed by atoms with E-state index in [2.05, 4.69) is 47.7 Å². The van der Waals surface area contributed by atoms with Crippen molar-refractivity contribution >= 4 is 0 Å². The topological polar surface area (TPSA) is 43.8 Å². The maximum atomic E-state index is 5.60. The Hall–Kier alpha value is -1.61. The van der Waals surface area contributed by atoms with Gasteiger partial charge >= 0.3 is 0 Å². The summed E-state index contributed by atoms with van der Waals surface area (Å²) >= 11 is 0. The molecule has 1 aromatic carbocycles. The van der Waals surface area contributed by atoms with E-state index in [9.17, 15) is 0 Å². The van der Waals surface area contributed by atoms with Crippen LogP contribution in [0.3, 0.4) is 0 Å². The van der Waals surface area contributed by atoms with E-state index in [1.807, 2.05) is 13.1 Å². The number of nitrogens with two attached hydrogens (primary N) is 1. The SMILES string of the molecule is Cc1nc(CN)cn1Cc1ccc(C(C)C)cc1. The molecule has 0 aliphatic rings. The van der Waals surface area contributed by atoms with E-state index in [0.717, 1.165) is 18.1 Å². The van der Waals surface area contributed by atoms with Crippen molar-refractivity contribution in [1.29, 1.82) is 0 Å². The molecule has 96 valence electrons. The summed E-state index contributed by atoms with van der Waals surface area (Å²) in [5.41, 5.74) is 9.23. The maximum absolute atomic E-state index is 5.60. The van der Waals surface area contributed by atoms with Gasteiger partial charge in [-0.1, -0.05) is 38.1 Å². The number of aryl methyl sites for hydroxylation is 1. The molecule has 0 amide bonds. The molecule has 0 aliphatic carbocycles. The molecule has 1 aromatic heterocycles. The van der Waals surface area contributed by atoms with Crippen LogP contribution in [0.2, 0.25) is 0 Å². The van der Waals surface area contributed by atoms with Crippen LogP contribution in [0.15, 0.2) is 30.5 Å². The highest BCUT2D eigenvalue weighted by Crippen LogP contribution is 2.15. The second kappa shape index (κ2) is 5.36. The summed E-state index contributed by atoms with van der Waals surface area (Å²) in [7, 11) is 0. The van der Waals surface area contributed by atoms with Gasteiger partial charge in [-0.3, -0.25) is 0 Å². The summed E-state index contributed by atoms with van der Waals surface area (Å²) in [5, 5.41) is 0. The van der Waals surface area contributed by atoms with Crippen LogP contribution in [-0.4, -0.2) is 9.55 Å². The third-order valence-corrected chi connectivity index (χ3v) is 3.23. The Morgan fingerprint density at radius 1 is 1.22 bits per heavy atom. The quantitative estimate of drug-likeness (QED) is 0.897. The fraction of sp³-hybridized carbons (Fsp3) is 0.400. The van der Waals surface area contributed by atoms with Crippen LogP contribution in [0.25, 0.3) is 0 Å². The molecule has 0 saturated heterocycles. The minimum Gasteiger partial charge on any atom is -0.330 e. The Balaban J connectivity index is 2.15. The number of benzene rings is 1. The summed E-state index contributed by atoms with van der Waals surface area (Å²) in [6, 6.07) is 8.79. The fourth-order valence-corrected chi connectivity index (χ4v) is 2.04. The Kier molecular flexibility index (Phi) is 3.82. The van der Waals surface area contributed by atoms with Gasteiger partial charge in [0.05, 0.1) is 5.69 Å². The van der Waals surface area contributed by atoms with E-state index in [4.69, 9.17) is 5.73 Å². The highest BCUT2D eigenvalue weighted by atomic mass is 15.1. The first-order valence-corrected chi connectivity index (χ1v) is 6.41. The molecule has 0 radical (unpaired) electrons.